The van der Waals surface area contributed by atoms with Gasteiger partial charge in [-0.2, -0.15) is 0 Å². The maximum atomic E-state index is 15.6. The van der Waals surface area contributed by atoms with Crippen LogP contribution in [0, 0.1) is 11.3 Å². The molecular weight excluding hydrogens is 1540 g/mol. The molecule has 10 atom stereocenters. The lowest BCUT2D eigenvalue weighted by Gasteiger charge is -2.31. The number of aliphatic hydroxyl groups is 1. The lowest BCUT2D eigenvalue weighted by atomic mass is 9.99. The Morgan fingerprint density at radius 3 is 1.51 bits per heavy atom. The normalized spacial score (nSPS) is 15.7. The molecule has 6 aromatic carbocycles. The van der Waals surface area contributed by atoms with Crippen LogP contribution in [0.5, 0.6) is 0 Å². The second-order valence-electron chi connectivity index (χ2n) is 30.9. The van der Waals surface area contributed by atoms with Gasteiger partial charge in [-0.3, -0.25) is 63.0 Å². The predicted molar refractivity (Wildman–Crippen MR) is 453 cm³/mol. The predicted octanol–water partition coefficient (Wildman–Crippen LogP) is 4.24. The van der Waals surface area contributed by atoms with Crippen LogP contribution < -0.4 is 75.7 Å². The molecule has 0 aromatic heterocycles. The Balaban J connectivity index is 1.09. The number of halogens is 1. The highest BCUT2D eigenvalue weighted by molar-refractivity contribution is 6.30. The molecule has 13 amide bonds. The van der Waals surface area contributed by atoms with E-state index in [1.807, 2.05) is 48.5 Å². The van der Waals surface area contributed by atoms with Crippen LogP contribution in [0.3, 0.4) is 0 Å². The van der Waals surface area contributed by atoms with Crippen molar-refractivity contribution in [3.05, 3.63) is 184 Å². The summed E-state index contributed by atoms with van der Waals surface area (Å²) in [6.07, 6.45) is 6.12. The molecule has 2 saturated heterocycles. The van der Waals surface area contributed by atoms with E-state index in [4.69, 9.17) is 38.9 Å². The van der Waals surface area contributed by atoms with Crippen LogP contribution in [0.4, 0.5) is 10.5 Å². The van der Waals surface area contributed by atoms with E-state index in [9.17, 15) is 38.7 Å². The van der Waals surface area contributed by atoms with Gasteiger partial charge < -0.3 is 90.4 Å². The number of urea groups is 1. The number of likely N-dealkylation sites (tertiary alicyclic amines) is 1. The fraction of sp³-hybridized carbons (Fsp3) is 0.460. The fourth-order valence-corrected chi connectivity index (χ4v) is 14.4. The van der Waals surface area contributed by atoms with Gasteiger partial charge in [-0.05, 0) is 120 Å². The van der Waals surface area contributed by atoms with Crippen molar-refractivity contribution in [3.8, 4) is 0 Å². The van der Waals surface area contributed by atoms with Gasteiger partial charge in [-0.1, -0.05) is 186 Å². The van der Waals surface area contributed by atoms with Crippen molar-refractivity contribution in [1.82, 2.24) is 63.0 Å². The van der Waals surface area contributed by atoms with Crippen LogP contribution >= 0.6 is 11.6 Å². The second kappa shape index (κ2) is 47.8. The molecule has 8 rings (SSSR count). The molecular formula is C87H116ClN17O14. The number of anilines is 1. The molecule has 31 nitrogen and oxygen atoms in total. The van der Waals surface area contributed by atoms with Crippen LogP contribution in [0.2, 0.25) is 5.02 Å². The number of hydrogen-bond acceptors (Lipinski definition) is 16. The average Bonchev–Trinajstić information content (AvgIpc) is 1.80. The minimum absolute atomic E-state index is 0.00723. The van der Waals surface area contributed by atoms with Crippen LogP contribution in [-0.4, -0.2) is 198 Å². The van der Waals surface area contributed by atoms with E-state index >= 15 is 24.0 Å². The standard InChI is InChI=1S/C87H116ClN17O14/c1-5-6-7-8-9-13-24-75(107)95-65-37-32-59(33-38-65)50-70(78(110)97-67(45-54(2)3)77(109)96-66(22-16-39-93-86(90)91)85(117)105-40-17-23-74(105)84(116)94-55(4)76(89)108)99-80(112)71(48-57-25-27-60(28-26-57)52-104-41-43-119-44-42-104)101-83(115)73(53-106)102-81(113)68(47-56-18-11-10-12-19-56)98-79(111)69(49-58-30-35-64(88)36-31-58)100-82(114)72(103-87(92)118)51-61-29-34-62-20-14-15-21-63(62)46-61/h10-12,14-15,18-21,25-38,46,54-55,66-74,106H,5-9,13,16-17,22-24,39-45,47-53H2,1-4H3,(H2,89,108)(H,94,116)(H,95,107)(H,96,109)(H,97,110)(H,98,111)(H,99,112)(H,100,114)(H,101,115)(H,102,113)(H4,90,91,93)(H3,92,103,118)/t55-,66+,67+,68-,69-,70-,71+,72-,73+,74+/m1/s1. The van der Waals surface area contributed by atoms with Crippen molar-refractivity contribution in [2.45, 2.75) is 204 Å². The Bertz CT molecular complexity index is 4400. The molecule has 2 heterocycles. The number of benzene rings is 6. The van der Waals surface area contributed by atoms with Gasteiger partial charge in [0.15, 0.2) is 5.96 Å². The largest absolute Gasteiger partial charge is 0.394 e. The molecule has 6 aromatic rings. The van der Waals surface area contributed by atoms with Crippen LogP contribution in [0.25, 0.3) is 10.8 Å². The minimum Gasteiger partial charge on any atom is -0.394 e. The van der Waals surface area contributed by atoms with Crippen molar-refractivity contribution >= 4 is 105 Å². The lowest BCUT2D eigenvalue weighted by Crippen LogP contribution is -2.62. The van der Waals surface area contributed by atoms with E-state index < -0.39 is 132 Å². The smallest absolute Gasteiger partial charge is 0.312 e. The van der Waals surface area contributed by atoms with Gasteiger partial charge in [0.2, 0.25) is 65.0 Å². The third-order valence-electron chi connectivity index (χ3n) is 20.8. The van der Waals surface area contributed by atoms with Gasteiger partial charge >= 0.3 is 6.03 Å². The fourth-order valence-electron chi connectivity index (χ4n) is 14.3. The molecule has 2 aliphatic rings. The molecule has 0 saturated carbocycles. The summed E-state index contributed by atoms with van der Waals surface area (Å²) in [5.41, 5.74) is 20.8. The van der Waals surface area contributed by atoms with Gasteiger partial charge in [0.05, 0.1) is 19.8 Å². The molecule has 640 valence electrons. The van der Waals surface area contributed by atoms with E-state index in [0.717, 1.165) is 48.4 Å². The molecule has 0 bridgehead atoms. The van der Waals surface area contributed by atoms with Gasteiger partial charge in [0, 0.05) is 82.0 Å². The molecule has 2 aliphatic heterocycles. The third-order valence-corrected chi connectivity index (χ3v) is 21.1. The van der Waals surface area contributed by atoms with E-state index in [1.165, 1.54) is 11.8 Å². The number of primary amides is 2. The molecule has 119 heavy (non-hydrogen) atoms. The van der Waals surface area contributed by atoms with E-state index in [0.29, 0.717) is 90.6 Å². The first-order valence-electron chi connectivity index (χ1n) is 40.9. The summed E-state index contributed by atoms with van der Waals surface area (Å²) in [5, 5.41) is 51.2. The molecule has 32 heteroatoms. The number of ether oxygens (including phenoxy) is 1. The number of carbonyl (C=O) groups excluding carboxylic acids is 12. The van der Waals surface area contributed by atoms with Crippen molar-refractivity contribution in [1.29, 1.82) is 5.41 Å². The Morgan fingerprint density at radius 1 is 0.504 bits per heavy atom. The van der Waals surface area contributed by atoms with E-state index in [-0.39, 0.29) is 88.7 Å². The minimum atomic E-state index is -1.83. The van der Waals surface area contributed by atoms with E-state index in [1.54, 1.807) is 111 Å². The molecule has 0 spiro atoms. The highest BCUT2D eigenvalue weighted by atomic mass is 35.5. The first-order valence-corrected chi connectivity index (χ1v) is 41.3. The highest BCUT2D eigenvalue weighted by Gasteiger charge is 2.41. The third kappa shape index (κ3) is 31.0. The summed E-state index contributed by atoms with van der Waals surface area (Å²) in [5.74, 6) is -9.20. The SMILES string of the molecule is CCCCCCCCC(=O)Nc1ccc(C[C@@H](NC(=O)[C@H](Cc2ccc(CN3CCOCC3)cc2)NC(=O)[C@H](CO)NC(=O)[C@@H](Cc2ccccc2)NC(=O)[C@@H](Cc2ccc(Cl)cc2)NC(=O)[C@@H](Cc2ccc3ccccc3c2)NC(N)=O)C(=O)N[C@@H](CC(C)C)C(=O)N[C@@H](CCCNC(=N)N)C(=O)N2CCC[C@H]2C(=O)N[C@H](C)C(N)=O)cc1. The van der Waals surface area contributed by atoms with Gasteiger partial charge in [0.1, 0.15) is 60.4 Å². The average molecular weight is 1660 g/mol. The number of aliphatic hydroxyl groups excluding tert-OH is 1. The zero-order valence-corrected chi connectivity index (χ0v) is 68.9. The first-order chi connectivity index (χ1) is 57.1. The first kappa shape index (κ1) is 93.0. The number of nitrogens with one attached hydrogen (secondary N) is 12. The van der Waals surface area contributed by atoms with E-state index in [2.05, 4.69) is 70.3 Å². The quantitative estimate of drug-likeness (QED) is 0.0144. The van der Waals surface area contributed by atoms with Crippen molar-refractivity contribution in [3.63, 3.8) is 0 Å². The Kier molecular flexibility index (Phi) is 37.3. The van der Waals surface area contributed by atoms with Gasteiger partial charge in [-0.25, -0.2) is 4.79 Å². The number of hydrogen-bond donors (Lipinski definition) is 16. The van der Waals surface area contributed by atoms with Crippen molar-refractivity contribution < 1.29 is 67.4 Å². The monoisotopic (exact) mass is 1660 g/mol. The molecule has 2 fully saturated rings. The Hall–Kier alpha value is -11.5. The molecule has 0 aliphatic carbocycles. The summed E-state index contributed by atoms with van der Waals surface area (Å²) in [7, 11) is 0. The van der Waals surface area contributed by atoms with Gasteiger partial charge in [0.25, 0.3) is 0 Å². The number of rotatable bonds is 46. The zero-order chi connectivity index (χ0) is 85.9. The summed E-state index contributed by atoms with van der Waals surface area (Å²) in [4.78, 5) is 175. The number of nitrogens with two attached hydrogens (primary N) is 3. The van der Waals surface area contributed by atoms with Gasteiger partial charge in [-0.15, -0.1) is 0 Å². The molecule has 0 unspecified atom stereocenters. The summed E-state index contributed by atoms with van der Waals surface area (Å²) in [6, 6.07) is 27.0. The summed E-state index contributed by atoms with van der Waals surface area (Å²) >= 11 is 6.29. The highest BCUT2D eigenvalue weighted by Crippen LogP contribution is 2.24. The number of amides is 13. The number of unbranched alkanes of at least 4 members (excludes halogenated alkanes) is 5. The summed E-state index contributed by atoms with van der Waals surface area (Å²) < 4.78 is 5.57. The second-order valence-corrected chi connectivity index (χ2v) is 31.3. The summed E-state index contributed by atoms with van der Waals surface area (Å²) in [6.45, 7) is 9.45. The van der Waals surface area contributed by atoms with Crippen LogP contribution in [-0.2, 0) is 96.1 Å². The molecule has 0 radical (unpaired) electrons. The maximum absolute atomic E-state index is 15.6. The lowest BCUT2D eigenvalue weighted by molar-refractivity contribution is -0.142. The number of fused-ring (bicyclic) bond motifs is 1. The van der Waals surface area contributed by atoms with Crippen LogP contribution in [0.15, 0.2) is 146 Å². The number of guanidine groups is 1. The number of nitrogens with zero attached hydrogens (tertiary/aromatic N) is 2. The Morgan fingerprint density at radius 2 is 0.966 bits per heavy atom. The molecule has 19 N–H and O–H groups in total. The topological polar surface area (TPSA) is 475 Å². The van der Waals surface area contributed by atoms with Crippen molar-refractivity contribution in [2.75, 3.05) is 51.3 Å². The van der Waals surface area contributed by atoms with Crippen molar-refractivity contribution in [2.24, 2.45) is 23.1 Å². The number of carbonyl (C=O) groups is 12. The zero-order valence-electron chi connectivity index (χ0n) is 68.1. The number of morpholine rings is 1. The maximum Gasteiger partial charge on any atom is 0.312 e. The Labute approximate surface area is 699 Å². The van der Waals surface area contributed by atoms with Crippen LogP contribution in [0.1, 0.15) is 138 Å².